The molecule has 2 amide bonds. The van der Waals surface area contributed by atoms with Crippen molar-refractivity contribution >= 4 is 27.5 Å². The first-order valence-electron chi connectivity index (χ1n) is 12.5. The molecule has 0 aliphatic heterocycles. The lowest BCUT2D eigenvalue weighted by molar-refractivity contribution is -0.140. The van der Waals surface area contributed by atoms with Gasteiger partial charge in [0.2, 0.25) is 21.8 Å². The Balaban J connectivity index is 1.91. The number of rotatable bonds is 10. The van der Waals surface area contributed by atoms with Gasteiger partial charge < -0.3 is 10.2 Å². The lowest BCUT2D eigenvalue weighted by Crippen LogP contribution is -2.54. The van der Waals surface area contributed by atoms with Gasteiger partial charge in [-0.2, -0.15) is 0 Å². The highest BCUT2D eigenvalue weighted by Gasteiger charge is 2.33. The van der Waals surface area contributed by atoms with E-state index in [1.807, 2.05) is 38.1 Å². The van der Waals surface area contributed by atoms with Gasteiger partial charge in [0.1, 0.15) is 18.4 Å². The Labute approximate surface area is 213 Å². The zero-order valence-electron chi connectivity index (χ0n) is 21.2. The van der Waals surface area contributed by atoms with Crippen LogP contribution in [0.2, 0.25) is 0 Å². The predicted molar refractivity (Wildman–Crippen MR) is 139 cm³/mol. The Bertz CT molecular complexity index is 1150. The summed E-state index contributed by atoms with van der Waals surface area (Å²) in [6.45, 7) is 3.45. The number of sulfonamides is 1. The molecule has 0 spiro atoms. The Morgan fingerprint density at radius 1 is 1.06 bits per heavy atom. The molecule has 7 nitrogen and oxygen atoms in total. The van der Waals surface area contributed by atoms with Crippen molar-refractivity contribution in [2.45, 2.75) is 71.0 Å². The number of amides is 2. The second kappa shape index (κ2) is 12.3. The largest absolute Gasteiger partial charge is 0.352 e. The summed E-state index contributed by atoms with van der Waals surface area (Å²) < 4.78 is 39.6. The molecule has 0 radical (unpaired) electrons. The average Bonchev–Trinajstić information content (AvgIpc) is 2.84. The summed E-state index contributed by atoms with van der Waals surface area (Å²) >= 11 is 0. The van der Waals surface area contributed by atoms with Crippen molar-refractivity contribution in [3.8, 4) is 0 Å². The maximum atomic E-state index is 13.7. The third-order valence-corrected chi connectivity index (χ3v) is 7.87. The lowest BCUT2D eigenvalue weighted by Gasteiger charge is -2.34. The molecule has 9 heteroatoms. The molecule has 0 unspecified atom stereocenters. The van der Waals surface area contributed by atoms with Crippen molar-refractivity contribution in [2.24, 2.45) is 0 Å². The van der Waals surface area contributed by atoms with E-state index in [2.05, 4.69) is 5.32 Å². The number of hydrogen-bond donors (Lipinski definition) is 1. The van der Waals surface area contributed by atoms with E-state index in [0.717, 1.165) is 65.9 Å². The van der Waals surface area contributed by atoms with Gasteiger partial charge in [0, 0.05) is 12.6 Å². The predicted octanol–water partition coefficient (Wildman–Crippen LogP) is 4.16. The van der Waals surface area contributed by atoms with E-state index in [1.54, 1.807) is 0 Å². The molecule has 1 fully saturated rings. The molecule has 2 aromatic carbocycles. The van der Waals surface area contributed by atoms with Gasteiger partial charge in [-0.3, -0.25) is 13.9 Å². The van der Waals surface area contributed by atoms with Crippen LogP contribution in [0.5, 0.6) is 0 Å². The van der Waals surface area contributed by atoms with Crippen molar-refractivity contribution < 1.29 is 22.4 Å². The average molecular weight is 518 g/mol. The number of carbonyl (C=O) groups is 2. The lowest BCUT2D eigenvalue weighted by atomic mass is 9.95. The van der Waals surface area contributed by atoms with Crippen LogP contribution in [0.4, 0.5) is 10.1 Å². The Morgan fingerprint density at radius 3 is 2.28 bits per heavy atom. The number of nitrogens with one attached hydrogen (secondary N) is 1. The minimum Gasteiger partial charge on any atom is -0.352 e. The smallest absolute Gasteiger partial charge is 0.244 e. The third kappa shape index (κ3) is 7.29. The van der Waals surface area contributed by atoms with Crippen molar-refractivity contribution in [3.05, 3.63) is 65.5 Å². The van der Waals surface area contributed by atoms with Crippen LogP contribution in [-0.4, -0.2) is 50.0 Å². The van der Waals surface area contributed by atoms with E-state index in [1.165, 1.54) is 17.0 Å². The summed E-state index contributed by atoms with van der Waals surface area (Å²) in [7, 11) is -3.85. The second-order valence-corrected chi connectivity index (χ2v) is 11.4. The first-order chi connectivity index (χ1) is 17.1. The summed E-state index contributed by atoms with van der Waals surface area (Å²) in [6.07, 6.45) is 6.50. The van der Waals surface area contributed by atoms with Crippen LogP contribution >= 0.6 is 0 Å². The number of benzene rings is 2. The molecule has 0 bridgehead atoms. The molecule has 1 aliphatic rings. The monoisotopic (exact) mass is 517 g/mol. The van der Waals surface area contributed by atoms with Crippen molar-refractivity contribution in [3.63, 3.8) is 0 Å². The van der Waals surface area contributed by atoms with Gasteiger partial charge >= 0.3 is 0 Å². The number of carbonyl (C=O) groups excluding carboxylic acids is 2. The number of anilines is 1. The topological polar surface area (TPSA) is 86.8 Å². The number of aryl methyl sites for hydroxylation is 1. The molecule has 1 saturated carbocycles. The highest BCUT2D eigenvalue weighted by molar-refractivity contribution is 7.92. The van der Waals surface area contributed by atoms with Crippen LogP contribution in [0, 0.1) is 12.7 Å². The summed E-state index contributed by atoms with van der Waals surface area (Å²) in [5, 5.41) is 3.12. The maximum Gasteiger partial charge on any atom is 0.244 e. The standard InChI is InChI=1S/C27H36FN3O4S/c1-4-25(27(33)29-23-12-6-5-7-13-23)30(18-21-11-9-8-10-20(21)2)26(32)19-31(36(3,34)35)24-16-14-22(28)15-17-24/h8-11,14-17,23,25H,4-7,12-13,18-19H2,1-3H3,(H,29,33)/t25-/m1/s1. The Kier molecular flexibility index (Phi) is 9.48. The van der Waals surface area contributed by atoms with E-state index in [4.69, 9.17) is 0 Å². The zero-order valence-corrected chi connectivity index (χ0v) is 22.1. The number of halogens is 1. The molecule has 1 atom stereocenters. The molecule has 196 valence electrons. The van der Waals surface area contributed by atoms with Crippen LogP contribution in [0.25, 0.3) is 0 Å². The van der Waals surface area contributed by atoms with E-state index in [0.29, 0.717) is 6.42 Å². The fraction of sp³-hybridized carbons (Fsp3) is 0.481. The van der Waals surface area contributed by atoms with E-state index in [-0.39, 0.29) is 24.2 Å². The van der Waals surface area contributed by atoms with Crippen LogP contribution < -0.4 is 9.62 Å². The third-order valence-electron chi connectivity index (χ3n) is 6.73. The molecule has 3 rings (SSSR count). The highest BCUT2D eigenvalue weighted by atomic mass is 32.2. The summed E-state index contributed by atoms with van der Waals surface area (Å²) in [4.78, 5) is 28.6. The molecule has 36 heavy (non-hydrogen) atoms. The minimum absolute atomic E-state index is 0.0856. The molecular formula is C27H36FN3O4S. The summed E-state index contributed by atoms with van der Waals surface area (Å²) in [6, 6.07) is 11.9. The van der Waals surface area contributed by atoms with Gasteiger partial charge in [-0.15, -0.1) is 0 Å². The van der Waals surface area contributed by atoms with Gasteiger partial charge in [0.25, 0.3) is 0 Å². The summed E-state index contributed by atoms with van der Waals surface area (Å²) in [5.41, 5.74) is 2.03. The van der Waals surface area contributed by atoms with Gasteiger partial charge in [-0.1, -0.05) is 50.5 Å². The van der Waals surface area contributed by atoms with E-state index >= 15 is 0 Å². The van der Waals surface area contributed by atoms with Crippen LogP contribution in [0.15, 0.2) is 48.5 Å². The van der Waals surface area contributed by atoms with Gasteiger partial charge in [-0.25, -0.2) is 12.8 Å². The van der Waals surface area contributed by atoms with E-state index in [9.17, 15) is 22.4 Å². The SMILES string of the molecule is CC[C@H](C(=O)NC1CCCCC1)N(Cc1ccccc1C)C(=O)CN(c1ccc(F)cc1)S(C)(=O)=O. The van der Waals surface area contributed by atoms with Gasteiger partial charge in [0.05, 0.1) is 11.9 Å². The Hall–Kier alpha value is -2.94. The first kappa shape index (κ1) is 27.6. The van der Waals surface area contributed by atoms with Gasteiger partial charge in [0.15, 0.2) is 0 Å². The molecule has 1 aliphatic carbocycles. The fourth-order valence-corrected chi connectivity index (χ4v) is 5.51. The van der Waals surface area contributed by atoms with Gasteiger partial charge in [-0.05, 0) is 61.6 Å². The molecule has 0 saturated heterocycles. The zero-order chi connectivity index (χ0) is 26.3. The van der Waals surface area contributed by atoms with Crippen molar-refractivity contribution in [1.29, 1.82) is 0 Å². The summed E-state index contributed by atoms with van der Waals surface area (Å²) in [5.74, 6) is -1.23. The minimum atomic E-state index is -3.85. The van der Waals surface area contributed by atoms with Crippen molar-refractivity contribution in [1.82, 2.24) is 10.2 Å². The normalized spacial score (nSPS) is 15.2. The number of nitrogens with zero attached hydrogens (tertiary/aromatic N) is 2. The molecule has 1 N–H and O–H groups in total. The maximum absolute atomic E-state index is 13.7. The number of hydrogen-bond acceptors (Lipinski definition) is 4. The highest BCUT2D eigenvalue weighted by Crippen LogP contribution is 2.22. The molecule has 2 aromatic rings. The fourth-order valence-electron chi connectivity index (χ4n) is 4.66. The molecule has 0 aromatic heterocycles. The first-order valence-corrected chi connectivity index (χ1v) is 14.3. The van der Waals surface area contributed by atoms with Crippen molar-refractivity contribution in [2.75, 3.05) is 17.1 Å². The van der Waals surface area contributed by atoms with Crippen LogP contribution in [-0.2, 0) is 26.2 Å². The quantitative estimate of drug-likeness (QED) is 0.513. The van der Waals surface area contributed by atoms with Crippen LogP contribution in [0.3, 0.4) is 0 Å². The molecule has 0 heterocycles. The Morgan fingerprint density at radius 2 is 1.69 bits per heavy atom. The second-order valence-electron chi connectivity index (χ2n) is 9.46. The molecular weight excluding hydrogens is 481 g/mol. The van der Waals surface area contributed by atoms with E-state index < -0.39 is 34.3 Å². The van der Waals surface area contributed by atoms with Crippen LogP contribution in [0.1, 0.15) is 56.6 Å².